The van der Waals surface area contributed by atoms with Crippen molar-refractivity contribution >= 4 is 33.2 Å². The molecule has 1 saturated heterocycles. The van der Waals surface area contributed by atoms with Crippen molar-refractivity contribution in [2.75, 3.05) is 22.2 Å². The van der Waals surface area contributed by atoms with Crippen molar-refractivity contribution in [3.8, 4) is 5.75 Å². The highest BCUT2D eigenvalue weighted by Crippen LogP contribution is 2.28. The van der Waals surface area contributed by atoms with E-state index in [4.69, 9.17) is 9.15 Å². The maximum absolute atomic E-state index is 13.8. The van der Waals surface area contributed by atoms with E-state index in [0.29, 0.717) is 12.1 Å². The first-order valence-electron chi connectivity index (χ1n) is 10.3. The Labute approximate surface area is 195 Å². The zero-order valence-electron chi connectivity index (χ0n) is 17.8. The van der Waals surface area contributed by atoms with E-state index in [9.17, 15) is 17.6 Å². The summed E-state index contributed by atoms with van der Waals surface area (Å²) in [4.78, 5) is 14.6. The predicted molar refractivity (Wildman–Crippen MR) is 121 cm³/mol. The summed E-state index contributed by atoms with van der Waals surface area (Å²) in [6.45, 7) is 1.65. The van der Waals surface area contributed by atoms with E-state index in [-0.39, 0.29) is 40.0 Å². The molecule has 1 fully saturated rings. The zero-order valence-corrected chi connectivity index (χ0v) is 19.4. The van der Waals surface area contributed by atoms with Crippen molar-refractivity contribution in [2.45, 2.75) is 30.7 Å². The topological polar surface area (TPSA) is 103 Å². The van der Waals surface area contributed by atoms with Crippen LogP contribution < -0.4 is 9.64 Å². The molecule has 2 aromatic carbocycles. The van der Waals surface area contributed by atoms with E-state index in [1.54, 1.807) is 48.2 Å². The van der Waals surface area contributed by atoms with Crippen LogP contribution in [-0.2, 0) is 14.6 Å². The average molecular weight is 492 g/mol. The number of anilines is 1. The smallest absolute Gasteiger partial charge is 0.277 e. The van der Waals surface area contributed by atoms with Crippen molar-refractivity contribution in [1.29, 1.82) is 0 Å². The van der Waals surface area contributed by atoms with Gasteiger partial charge < -0.3 is 14.1 Å². The maximum Gasteiger partial charge on any atom is 0.277 e. The van der Waals surface area contributed by atoms with Crippen LogP contribution in [0.25, 0.3) is 0 Å². The Hall–Kier alpha value is -2.92. The van der Waals surface area contributed by atoms with Gasteiger partial charge in [0, 0.05) is 5.69 Å². The van der Waals surface area contributed by atoms with Crippen LogP contribution in [0.1, 0.15) is 25.3 Å². The number of rotatable bonds is 8. The van der Waals surface area contributed by atoms with Crippen LogP contribution >= 0.6 is 11.8 Å². The van der Waals surface area contributed by atoms with Gasteiger partial charge in [0.1, 0.15) is 0 Å². The molecule has 174 valence electrons. The van der Waals surface area contributed by atoms with E-state index >= 15 is 0 Å². The van der Waals surface area contributed by atoms with Gasteiger partial charge in [-0.15, -0.1) is 10.2 Å². The highest BCUT2D eigenvalue weighted by Gasteiger charge is 2.35. The number of halogens is 1. The van der Waals surface area contributed by atoms with E-state index < -0.39 is 27.8 Å². The molecule has 2 atom stereocenters. The number of para-hydroxylation sites is 2. The second-order valence-corrected chi connectivity index (χ2v) is 10.7. The molecule has 0 aliphatic carbocycles. The standard InChI is InChI=1S/C22H22FN3O5S2/c1-15(30-19-10-6-5-9-18(19)23)21-24-25-22(31-21)32-13-20(27)26(16-7-3-2-4-8-16)17-11-12-33(28,29)14-17/h2-10,15,17H,11-14H2,1H3/t15-,17+/m1/s1. The zero-order chi connectivity index (χ0) is 23.4. The Bertz CT molecular complexity index is 1220. The van der Waals surface area contributed by atoms with Gasteiger partial charge in [-0.25, -0.2) is 12.8 Å². The number of hydrogen-bond donors (Lipinski definition) is 0. The van der Waals surface area contributed by atoms with Crippen LogP contribution in [0, 0.1) is 5.82 Å². The van der Waals surface area contributed by atoms with Gasteiger partial charge in [-0.3, -0.25) is 4.79 Å². The monoisotopic (exact) mass is 491 g/mol. The van der Waals surface area contributed by atoms with Gasteiger partial charge in [0.15, 0.2) is 27.5 Å². The molecule has 0 unspecified atom stereocenters. The molecule has 0 bridgehead atoms. The minimum absolute atomic E-state index is 0.0182. The number of amides is 1. The third-order valence-electron chi connectivity index (χ3n) is 5.11. The summed E-state index contributed by atoms with van der Waals surface area (Å²) in [6.07, 6.45) is -0.299. The van der Waals surface area contributed by atoms with Crippen LogP contribution in [0.5, 0.6) is 5.75 Å². The molecule has 1 aromatic heterocycles. The molecule has 0 spiro atoms. The normalized spacial score (nSPS) is 18.1. The van der Waals surface area contributed by atoms with E-state index in [2.05, 4.69) is 10.2 Å². The fourth-order valence-electron chi connectivity index (χ4n) is 3.54. The van der Waals surface area contributed by atoms with Crippen molar-refractivity contribution in [3.05, 3.63) is 66.3 Å². The quantitative estimate of drug-likeness (QED) is 0.440. The molecule has 11 heteroatoms. The number of carbonyl (C=O) groups is 1. The Morgan fingerprint density at radius 3 is 2.64 bits per heavy atom. The summed E-state index contributed by atoms with van der Waals surface area (Å²) < 4.78 is 48.9. The molecule has 33 heavy (non-hydrogen) atoms. The lowest BCUT2D eigenvalue weighted by molar-refractivity contribution is -0.116. The third-order valence-corrected chi connectivity index (χ3v) is 7.66. The van der Waals surface area contributed by atoms with Crippen LogP contribution in [-0.4, -0.2) is 47.8 Å². The minimum atomic E-state index is -3.17. The summed E-state index contributed by atoms with van der Waals surface area (Å²) in [6, 6.07) is 14.6. The van der Waals surface area contributed by atoms with Gasteiger partial charge in [0.05, 0.1) is 23.3 Å². The van der Waals surface area contributed by atoms with E-state index in [1.807, 2.05) is 6.07 Å². The highest BCUT2D eigenvalue weighted by atomic mass is 32.2. The summed E-state index contributed by atoms with van der Waals surface area (Å²) in [7, 11) is -3.17. The number of ether oxygens (including phenoxy) is 1. The van der Waals surface area contributed by atoms with Crippen LogP contribution in [0.4, 0.5) is 10.1 Å². The second kappa shape index (κ2) is 9.92. The third kappa shape index (κ3) is 5.72. The van der Waals surface area contributed by atoms with Crippen molar-refractivity contribution in [3.63, 3.8) is 0 Å². The number of thioether (sulfide) groups is 1. The van der Waals surface area contributed by atoms with Gasteiger partial charge >= 0.3 is 0 Å². The molecule has 0 radical (unpaired) electrons. The van der Waals surface area contributed by atoms with Crippen LogP contribution in [0.2, 0.25) is 0 Å². The molecule has 1 amide bonds. The number of aromatic nitrogens is 2. The molecule has 0 N–H and O–H groups in total. The van der Waals surface area contributed by atoms with Crippen LogP contribution in [0.3, 0.4) is 0 Å². The molecule has 8 nitrogen and oxygen atoms in total. The summed E-state index contributed by atoms with van der Waals surface area (Å²) in [5, 5.41) is 8.02. The molecule has 1 aliphatic rings. The van der Waals surface area contributed by atoms with Gasteiger partial charge in [0.25, 0.3) is 11.1 Å². The van der Waals surface area contributed by atoms with Gasteiger partial charge in [-0.05, 0) is 37.6 Å². The molecule has 2 heterocycles. The van der Waals surface area contributed by atoms with E-state index in [0.717, 1.165) is 11.8 Å². The highest BCUT2D eigenvalue weighted by molar-refractivity contribution is 7.99. The Morgan fingerprint density at radius 2 is 1.94 bits per heavy atom. The SMILES string of the molecule is C[C@@H](Oc1ccccc1F)c1nnc(SCC(=O)N(c2ccccc2)[C@H]2CCS(=O)(=O)C2)o1. The van der Waals surface area contributed by atoms with Crippen molar-refractivity contribution < 1.29 is 26.8 Å². The Kier molecular flexibility index (Phi) is 6.99. The number of nitrogens with zero attached hydrogens (tertiary/aromatic N) is 3. The lowest BCUT2D eigenvalue weighted by Crippen LogP contribution is -2.42. The lowest BCUT2D eigenvalue weighted by Gasteiger charge is -2.28. The van der Waals surface area contributed by atoms with E-state index in [1.165, 1.54) is 12.1 Å². The number of carbonyl (C=O) groups excluding carboxylic acids is 1. The van der Waals surface area contributed by atoms with Gasteiger partial charge in [-0.2, -0.15) is 0 Å². The summed E-state index contributed by atoms with van der Waals surface area (Å²) in [5.74, 6) is -0.562. The first-order chi connectivity index (χ1) is 15.8. The number of hydrogen-bond acceptors (Lipinski definition) is 8. The van der Waals surface area contributed by atoms with Gasteiger partial charge in [0.2, 0.25) is 5.91 Å². The molecular weight excluding hydrogens is 469 g/mol. The minimum Gasteiger partial charge on any atom is -0.478 e. The second-order valence-electron chi connectivity index (χ2n) is 7.54. The number of sulfone groups is 1. The number of benzene rings is 2. The average Bonchev–Trinajstić information content (AvgIpc) is 3.41. The Balaban J connectivity index is 1.42. The first kappa shape index (κ1) is 23.2. The summed E-state index contributed by atoms with van der Waals surface area (Å²) >= 11 is 1.05. The largest absolute Gasteiger partial charge is 0.478 e. The Morgan fingerprint density at radius 1 is 1.21 bits per heavy atom. The first-order valence-corrected chi connectivity index (χ1v) is 13.1. The molecule has 1 aliphatic heterocycles. The van der Waals surface area contributed by atoms with Crippen LogP contribution in [0.15, 0.2) is 64.2 Å². The molecule has 4 rings (SSSR count). The predicted octanol–water partition coefficient (Wildman–Crippen LogP) is 3.66. The van der Waals surface area contributed by atoms with Crippen molar-refractivity contribution in [1.82, 2.24) is 10.2 Å². The fourth-order valence-corrected chi connectivity index (χ4v) is 5.87. The molecule has 3 aromatic rings. The fraction of sp³-hybridized carbons (Fsp3) is 0.318. The molecule has 0 saturated carbocycles. The van der Waals surface area contributed by atoms with Crippen molar-refractivity contribution in [2.24, 2.45) is 0 Å². The maximum atomic E-state index is 13.8. The lowest BCUT2D eigenvalue weighted by atomic mass is 10.2. The van der Waals surface area contributed by atoms with Gasteiger partial charge in [-0.1, -0.05) is 42.1 Å². The molecular formula is C22H22FN3O5S2. The summed E-state index contributed by atoms with van der Waals surface area (Å²) in [5.41, 5.74) is 0.642.